The van der Waals surface area contributed by atoms with Crippen LogP contribution in [0.15, 0.2) is 6.30 Å². The van der Waals surface area contributed by atoms with Gasteiger partial charge in [-0.15, -0.1) is 0 Å². The van der Waals surface area contributed by atoms with Gasteiger partial charge in [0.25, 0.3) is 0 Å². The van der Waals surface area contributed by atoms with Gasteiger partial charge in [0.1, 0.15) is 13.5 Å². The molecule has 3 rings (SSSR count). The fourth-order valence-corrected chi connectivity index (χ4v) is 2.64. The monoisotopic (exact) mass is 220 g/mol. The predicted octanol–water partition coefficient (Wildman–Crippen LogP) is 1.41. The van der Waals surface area contributed by atoms with Crippen molar-refractivity contribution in [3.63, 3.8) is 0 Å². The van der Waals surface area contributed by atoms with Gasteiger partial charge in [-0.25, -0.2) is 9.97 Å². The molecule has 4 nitrogen and oxygen atoms in total. The van der Waals surface area contributed by atoms with E-state index in [-0.39, 0.29) is 6.30 Å². The van der Waals surface area contributed by atoms with Crippen LogP contribution < -0.4 is 4.90 Å². The Morgan fingerprint density at radius 1 is 1.19 bits per heavy atom. The summed E-state index contributed by atoms with van der Waals surface area (Å²) in [6.45, 7) is 3.92. The Morgan fingerprint density at radius 3 is 2.81 bits per heavy atom. The Bertz CT molecular complexity index is 429. The maximum atomic E-state index is 7.72. The van der Waals surface area contributed by atoms with E-state index in [2.05, 4.69) is 26.8 Å². The van der Waals surface area contributed by atoms with E-state index in [1.54, 1.807) is 0 Å². The van der Waals surface area contributed by atoms with Crippen molar-refractivity contribution in [2.75, 3.05) is 25.0 Å². The van der Waals surface area contributed by atoms with Crippen LogP contribution in [0.4, 0.5) is 5.82 Å². The first-order chi connectivity index (χ1) is 8.24. The van der Waals surface area contributed by atoms with Crippen LogP contribution in [0.5, 0.6) is 0 Å². The summed E-state index contributed by atoms with van der Waals surface area (Å²) in [7, 11) is 2.09. The van der Waals surface area contributed by atoms with Crippen LogP contribution in [0.3, 0.4) is 0 Å². The topological polar surface area (TPSA) is 32.3 Å². The lowest BCUT2D eigenvalue weighted by molar-refractivity contribution is 0.351. The van der Waals surface area contributed by atoms with Crippen LogP contribution in [-0.4, -0.2) is 35.0 Å². The van der Waals surface area contributed by atoms with E-state index in [4.69, 9.17) is 1.37 Å². The molecule has 1 fully saturated rings. The highest BCUT2D eigenvalue weighted by Crippen LogP contribution is 2.28. The first-order valence-corrected chi connectivity index (χ1v) is 6.04. The average Bonchev–Trinajstić information content (AvgIpc) is 2.69. The van der Waals surface area contributed by atoms with E-state index >= 15 is 0 Å². The molecule has 0 aromatic carbocycles. The molecule has 0 N–H and O–H groups in total. The lowest BCUT2D eigenvalue weighted by atomic mass is 10.1. The summed E-state index contributed by atoms with van der Waals surface area (Å²) in [4.78, 5) is 13.2. The molecule has 2 aliphatic heterocycles. The van der Waals surface area contributed by atoms with Crippen LogP contribution in [0, 0.1) is 0 Å². The minimum absolute atomic E-state index is 0.166. The van der Waals surface area contributed by atoms with Crippen molar-refractivity contribution in [1.29, 1.82) is 0 Å². The van der Waals surface area contributed by atoms with Crippen LogP contribution in [-0.2, 0) is 13.1 Å². The molecule has 4 heteroatoms. The van der Waals surface area contributed by atoms with Gasteiger partial charge in [0.05, 0.1) is 5.69 Å². The largest absolute Gasteiger partial charge is 0.356 e. The number of anilines is 1. The smallest absolute Gasteiger partial charge is 0.136 e. The molecule has 0 atom stereocenters. The molecule has 0 bridgehead atoms. The summed E-state index contributed by atoms with van der Waals surface area (Å²) in [5.74, 6) is 1.02. The van der Waals surface area contributed by atoms with E-state index in [0.717, 1.165) is 37.7 Å². The Hall–Kier alpha value is -1.16. The first-order valence-electron chi connectivity index (χ1n) is 6.54. The second-order valence-corrected chi connectivity index (χ2v) is 4.79. The van der Waals surface area contributed by atoms with Gasteiger partial charge in [-0.05, 0) is 26.3 Å². The Balaban J connectivity index is 1.98. The molecule has 3 heterocycles. The Morgan fingerprint density at radius 2 is 2.00 bits per heavy atom. The van der Waals surface area contributed by atoms with Crippen LogP contribution in [0.25, 0.3) is 0 Å². The third-order valence-electron chi connectivity index (χ3n) is 3.46. The van der Waals surface area contributed by atoms with Crippen molar-refractivity contribution in [1.82, 2.24) is 14.9 Å². The number of piperidine rings is 1. The van der Waals surface area contributed by atoms with Gasteiger partial charge in [0.15, 0.2) is 0 Å². The molecule has 0 saturated carbocycles. The van der Waals surface area contributed by atoms with Gasteiger partial charge in [-0.1, -0.05) is 0 Å². The average molecular weight is 220 g/mol. The SMILES string of the molecule is [3H]c1nc2c(c(N3CCCCC3)n1)CN(C)C2. The molecule has 86 valence electrons. The van der Waals surface area contributed by atoms with Gasteiger partial charge < -0.3 is 4.90 Å². The van der Waals surface area contributed by atoms with Gasteiger partial charge in [0.2, 0.25) is 0 Å². The predicted molar refractivity (Wildman–Crippen MR) is 63.3 cm³/mol. The van der Waals surface area contributed by atoms with Crippen LogP contribution in [0.1, 0.15) is 31.9 Å². The zero-order chi connectivity index (χ0) is 11.8. The number of hydrogen-bond acceptors (Lipinski definition) is 4. The number of fused-ring (bicyclic) bond motifs is 1. The van der Waals surface area contributed by atoms with Gasteiger partial charge in [0, 0.05) is 31.7 Å². The highest BCUT2D eigenvalue weighted by Gasteiger charge is 2.24. The summed E-state index contributed by atoms with van der Waals surface area (Å²) in [6.07, 6.45) is 3.96. The standard InChI is InChI=1S/C12H18N4/c1-15-7-10-11(8-15)13-9-14-12(10)16-5-3-2-4-6-16/h9H,2-8H2,1H3/i9T. The molecule has 0 unspecified atom stereocenters. The molecule has 2 aliphatic rings. The summed E-state index contributed by atoms with van der Waals surface area (Å²) < 4.78 is 7.72. The maximum Gasteiger partial charge on any atom is 0.136 e. The van der Waals surface area contributed by atoms with Crippen LogP contribution in [0.2, 0.25) is 0 Å². The highest BCUT2D eigenvalue weighted by atomic mass is 15.2. The maximum absolute atomic E-state index is 7.72. The van der Waals surface area contributed by atoms with Crippen LogP contribution >= 0.6 is 0 Å². The second kappa shape index (κ2) is 4.01. The fraction of sp³-hybridized carbons (Fsp3) is 0.667. The number of aromatic nitrogens is 2. The summed E-state index contributed by atoms with van der Waals surface area (Å²) >= 11 is 0. The van der Waals surface area contributed by atoms with E-state index in [0.29, 0.717) is 0 Å². The van der Waals surface area contributed by atoms with Gasteiger partial charge >= 0.3 is 0 Å². The minimum Gasteiger partial charge on any atom is -0.356 e. The van der Waals surface area contributed by atoms with E-state index in [1.807, 2.05) is 0 Å². The van der Waals surface area contributed by atoms with Crippen molar-refractivity contribution in [3.05, 3.63) is 17.6 Å². The van der Waals surface area contributed by atoms with Crippen molar-refractivity contribution in [3.8, 4) is 0 Å². The highest BCUT2D eigenvalue weighted by molar-refractivity contribution is 5.50. The summed E-state index contributed by atoms with van der Waals surface area (Å²) in [6, 6.07) is 0. The fourth-order valence-electron chi connectivity index (χ4n) is 2.64. The summed E-state index contributed by atoms with van der Waals surface area (Å²) in [5.41, 5.74) is 2.29. The zero-order valence-corrected chi connectivity index (χ0v) is 9.74. The van der Waals surface area contributed by atoms with Gasteiger partial charge in [-0.2, -0.15) is 0 Å². The minimum atomic E-state index is 0.166. The molecule has 0 aliphatic carbocycles. The Kier molecular flexibility index (Phi) is 2.24. The lowest BCUT2D eigenvalue weighted by Crippen LogP contribution is -2.31. The van der Waals surface area contributed by atoms with Crippen molar-refractivity contribution >= 4 is 5.82 Å². The lowest BCUT2D eigenvalue weighted by Gasteiger charge is -2.29. The quantitative estimate of drug-likeness (QED) is 0.716. The molecule has 16 heavy (non-hydrogen) atoms. The van der Waals surface area contributed by atoms with E-state index < -0.39 is 0 Å². The third-order valence-corrected chi connectivity index (χ3v) is 3.46. The molecule has 0 amide bonds. The number of rotatable bonds is 1. The van der Waals surface area contributed by atoms with Crippen molar-refractivity contribution in [2.24, 2.45) is 0 Å². The first kappa shape index (κ1) is 8.93. The Labute approximate surface area is 97.7 Å². The second-order valence-electron chi connectivity index (χ2n) is 4.79. The van der Waals surface area contributed by atoms with E-state index in [9.17, 15) is 0 Å². The van der Waals surface area contributed by atoms with Gasteiger partial charge in [-0.3, -0.25) is 4.90 Å². The molecule has 1 aromatic rings. The third kappa shape index (κ3) is 1.67. The molecule has 0 spiro atoms. The van der Waals surface area contributed by atoms with E-state index in [1.165, 1.54) is 24.8 Å². The summed E-state index contributed by atoms with van der Waals surface area (Å²) in [5, 5.41) is 0. The normalized spacial score (nSPS) is 22.1. The zero-order valence-electron chi connectivity index (χ0n) is 10.7. The number of nitrogens with zero attached hydrogens (tertiary/aromatic N) is 4. The van der Waals surface area contributed by atoms with Crippen molar-refractivity contribution < 1.29 is 1.37 Å². The molecular weight excluding hydrogens is 200 g/mol. The number of hydrogen-bond donors (Lipinski definition) is 0. The molecule has 1 aromatic heterocycles. The molecule has 1 saturated heterocycles. The van der Waals surface area contributed by atoms with Crippen molar-refractivity contribution in [2.45, 2.75) is 32.4 Å². The molecule has 0 radical (unpaired) electrons. The molecular formula is C12H18N4.